The van der Waals surface area contributed by atoms with E-state index in [1.54, 1.807) is 0 Å². The van der Waals surface area contributed by atoms with Crippen LogP contribution in [0.25, 0.3) is 0 Å². The second-order valence-electron chi connectivity index (χ2n) is 9.20. The van der Waals surface area contributed by atoms with Crippen molar-refractivity contribution in [3.63, 3.8) is 0 Å². The molecule has 31 heavy (non-hydrogen) atoms. The normalized spacial score (nSPS) is 19.0. The first kappa shape index (κ1) is 23.9. The molecule has 2 aromatic carbocycles. The lowest BCUT2D eigenvalue weighted by Crippen LogP contribution is -2.37. The van der Waals surface area contributed by atoms with E-state index in [1.165, 1.54) is 76.0 Å². The molecule has 0 unspecified atom stereocenters. The van der Waals surface area contributed by atoms with Gasteiger partial charge in [-0.15, -0.1) is 0 Å². The van der Waals surface area contributed by atoms with Gasteiger partial charge in [0.2, 0.25) is 0 Å². The van der Waals surface area contributed by atoms with Crippen molar-refractivity contribution in [3.8, 4) is 0 Å². The standard InChI is InChI=1S/C14H22N2.C13H20N2/c15-12-14-7-10-16(11-8-14)9-6-13-4-2-1-3-5-13;14-10-12-6-8-15(9-7-12)11-13-4-2-1-3-5-13/h1-5,14H,6-12,15H2;1-5,12H,6-11,14H2. The summed E-state index contributed by atoms with van der Waals surface area (Å²) in [6.07, 6.45) is 6.28. The number of hydrogen-bond acceptors (Lipinski definition) is 4. The lowest BCUT2D eigenvalue weighted by atomic mass is 9.97. The average molecular weight is 423 g/mol. The van der Waals surface area contributed by atoms with Gasteiger partial charge in [-0.1, -0.05) is 60.7 Å². The maximum absolute atomic E-state index is 5.70. The molecule has 4 heteroatoms. The van der Waals surface area contributed by atoms with E-state index in [1.807, 2.05) is 0 Å². The van der Waals surface area contributed by atoms with Crippen molar-refractivity contribution < 1.29 is 0 Å². The quantitative estimate of drug-likeness (QED) is 0.713. The number of benzene rings is 2. The fraction of sp³-hybridized carbons (Fsp3) is 0.556. The Morgan fingerprint density at radius 2 is 1.06 bits per heavy atom. The number of nitrogens with two attached hydrogens (primary N) is 2. The molecule has 0 spiro atoms. The maximum atomic E-state index is 5.70. The van der Waals surface area contributed by atoms with Crippen LogP contribution in [0.15, 0.2) is 60.7 Å². The Bertz CT molecular complexity index is 690. The van der Waals surface area contributed by atoms with E-state index < -0.39 is 0 Å². The Hall–Kier alpha value is -1.72. The molecule has 2 heterocycles. The van der Waals surface area contributed by atoms with Gasteiger partial charge in [0.05, 0.1) is 0 Å². The highest BCUT2D eigenvalue weighted by Crippen LogP contribution is 2.18. The summed E-state index contributed by atoms with van der Waals surface area (Å²) < 4.78 is 0. The summed E-state index contributed by atoms with van der Waals surface area (Å²) in [5.41, 5.74) is 14.2. The Morgan fingerprint density at radius 3 is 1.55 bits per heavy atom. The van der Waals surface area contributed by atoms with Crippen LogP contribution in [-0.4, -0.2) is 55.6 Å². The topological polar surface area (TPSA) is 58.5 Å². The van der Waals surface area contributed by atoms with Crippen LogP contribution in [0.3, 0.4) is 0 Å². The molecule has 170 valence electrons. The molecule has 2 aliphatic rings. The van der Waals surface area contributed by atoms with E-state index in [0.717, 1.165) is 31.5 Å². The molecular weight excluding hydrogens is 380 g/mol. The molecule has 0 radical (unpaired) electrons. The summed E-state index contributed by atoms with van der Waals surface area (Å²) in [6.45, 7) is 8.89. The molecule has 0 bridgehead atoms. The number of hydrogen-bond donors (Lipinski definition) is 2. The van der Waals surface area contributed by atoms with Gasteiger partial charge in [-0.3, -0.25) is 4.90 Å². The van der Waals surface area contributed by atoms with Crippen molar-refractivity contribution in [2.45, 2.75) is 38.6 Å². The third-order valence-corrected chi connectivity index (χ3v) is 6.89. The fourth-order valence-corrected chi connectivity index (χ4v) is 4.60. The average Bonchev–Trinajstić information content (AvgIpc) is 2.85. The predicted octanol–water partition coefficient (Wildman–Crippen LogP) is 3.76. The number of rotatable bonds is 7. The second kappa shape index (κ2) is 13.6. The van der Waals surface area contributed by atoms with Crippen molar-refractivity contribution >= 4 is 0 Å². The molecule has 0 saturated carbocycles. The monoisotopic (exact) mass is 422 g/mol. The minimum Gasteiger partial charge on any atom is -0.330 e. The molecule has 2 aliphatic heterocycles. The second-order valence-corrected chi connectivity index (χ2v) is 9.20. The van der Waals surface area contributed by atoms with Gasteiger partial charge in [-0.2, -0.15) is 0 Å². The van der Waals surface area contributed by atoms with Crippen LogP contribution in [0, 0.1) is 11.8 Å². The Balaban J connectivity index is 0.000000176. The van der Waals surface area contributed by atoms with Crippen molar-refractivity contribution in [1.82, 2.24) is 9.80 Å². The molecule has 0 atom stereocenters. The fourth-order valence-electron chi connectivity index (χ4n) is 4.60. The lowest BCUT2D eigenvalue weighted by molar-refractivity contribution is 0.180. The number of likely N-dealkylation sites (tertiary alicyclic amines) is 2. The Labute approximate surface area is 189 Å². The zero-order valence-electron chi connectivity index (χ0n) is 19.2. The number of piperidine rings is 2. The van der Waals surface area contributed by atoms with E-state index in [2.05, 4.69) is 70.5 Å². The predicted molar refractivity (Wildman–Crippen MR) is 132 cm³/mol. The molecule has 2 saturated heterocycles. The highest BCUT2D eigenvalue weighted by atomic mass is 15.1. The van der Waals surface area contributed by atoms with Crippen LogP contribution < -0.4 is 11.5 Å². The van der Waals surface area contributed by atoms with Crippen molar-refractivity contribution in [2.75, 3.05) is 45.8 Å². The zero-order valence-corrected chi connectivity index (χ0v) is 19.2. The van der Waals surface area contributed by atoms with E-state index in [9.17, 15) is 0 Å². The van der Waals surface area contributed by atoms with Gasteiger partial charge < -0.3 is 16.4 Å². The third kappa shape index (κ3) is 8.74. The van der Waals surface area contributed by atoms with Gasteiger partial charge in [0, 0.05) is 13.1 Å². The molecular formula is C27H42N4. The smallest absolute Gasteiger partial charge is 0.0233 e. The minimum absolute atomic E-state index is 0.761. The lowest BCUT2D eigenvalue weighted by Gasteiger charge is -2.31. The maximum Gasteiger partial charge on any atom is 0.0233 e. The molecule has 0 aliphatic carbocycles. The van der Waals surface area contributed by atoms with Crippen LogP contribution in [-0.2, 0) is 13.0 Å². The zero-order chi connectivity index (χ0) is 21.7. The summed E-state index contributed by atoms with van der Waals surface area (Å²) in [6, 6.07) is 21.5. The molecule has 2 fully saturated rings. The van der Waals surface area contributed by atoms with Crippen LogP contribution in [0.5, 0.6) is 0 Å². The van der Waals surface area contributed by atoms with Gasteiger partial charge in [0.15, 0.2) is 0 Å². The molecule has 4 nitrogen and oxygen atoms in total. The molecule has 0 aromatic heterocycles. The van der Waals surface area contributed by atoms with Crippen LogP contribution in [0.1, 0.15) is 36.8 Å². The van der Waals surface area contributed by atoms with Crippen molar-refractivity contribution in [3.05, 3.63) is 71.8 Å². The van der Waals surface area contributed by atoms with Crippen molar-refractivity contribution in [2.24, 2.45) is 23.3 Å². The Morgan fingerprint density at radius 1 is 0.613 bits per heavy atom. The minimum atomic E-state index is 0.761. The summed E-state index contributed by atoms with van der Waals surface area (Å²) >= 11 is 0. The SMILES string of the molecule is NCC1CCN(CCc2ccccc2)CC1.NCC1CCN(Cc2ccccc2)CC1. The Kier molecular flexibility index (Phi) is 10.5. The van der Waals surface area contributed by atoms with Crippen LogP contribution in [0.2, 0.25) is 0 Å². The third-order valence-electron chi connectivity index (χ3n) is 6.89. The van der Waals surface area contributed by atoms with Gasteiger partial charge in [0.25, 0.3) is 0 Å². The van der Waals surface area contributed by atoms with Crippen LogP contribution in [0.4, 0.5) is 0 Å². The van der Waals surface area contributed by atoms with E-state index in [4.69, 9.17) is 11.5 Å². The summed E-state index contributed by atoms with van der Waals surface area (Å²) in [4.78, 5) is 5.10. The first-order chi connectivity index (χ1) is 15.3. The van der Waals surface area contributed by atoms with Gasteiger partial charge in [0.1, 0.15) is 0 Å². The largest absolute Gasteiger partial charge is 0.330 e. The first-order valence-corrected chi connectivity index (χ1v) is 12.2. The summed E-state index contributed by atoms with van der Waals surface area (Å²) in [7, 11) is 0. The molecule has 4 rings (SSSR count). The summed E-state index contributed by atoms with van der Waals surface area (Å²) in [5, 5.41) is 0. The molecule has 0 amide bonds. The highest BCUT2D eigenvalue weighted by Gasteiger charge is 2.18. The van der Waals surface area contributed by atoms with Gasteiger partial charge in [-0.05, 0) is 94.3 Å². The van der Waals surface area contributed by atoms with Gasteiger partial charge in [-0.25, -0.2) is 0 Å². The first-order valence-electron chi connectivity index (χ1n) is 12.2. The van der Waals surface area contributed by atoms with E-state index in [0.29, 0.717) is 0 Å². The summed E-state index contributed by atoms with van der Waals surface area (Å²) in [5.74, 6) is 1.53. The van der Waals surface area contributed by atoms with Crippen molar-refractivity contribution in [1.29, 1.82) is 0 Å². The van der Waals surface area contributed by atoms with E-state index in [-0.39, 0.29) is 0 Å². The number of nitrogens with zero attached hydrogens (tertiary/aromatic N) is 2. The molecule has 2 aromatic rings. The van der Waals surface area contributed by atoms with Gasteiger partial charge >= 0.3 is 0 Å². The van der Waals surface area contributed by atoms with E-state index >= 15 is 0 Å². The van der Waals surface area contributed by atoms with Crippen LogP contribution >= 0.6 is 0 Å². The highest BCUT2D eigenvalue weighted by molar-refractivity contribution is 5.15. The molecule has 4 N–H and O–H groups in total.